The van der Waals surface area contributed by atoms with Gasteiger partial charge < -0.3 is 18.6 Å². The second-order valence-electron chi connectivity index (χ2n) is 9.82. The van der Waals surface area contributed by atoms with Crippen molar-refractivity contribution in [2.45, 2.75) is 83.0 Å². The van der Waals surface area contributed by atoms with Crippen molar-refractivity contribution in [3.05, 3.63) is 46.5 Å². The number of allylic oxidation sites excluding steroid dienone is 2. The first-order chi connectivity index (χ1) is 16.1. The summed E-state index contributed by atoms with van der Waals surface area (Å²) in [5.41, 5.74) is 2.06. The van der Waals surface area contributed by atoms with Gasteiger partial charge in [0.1, 0.15) is 0 Å². The highest BCUT2D eigenvalue weighted by Crippen LogP contribution is 2.44. The number of hydrogen-bond donors (Lipinski definition) is 0. The van der Waals surface area contributed by atoms with Gasteiger partial charge in [-0.3, -0.25) is 4.79 Å². The number of ether oxygens (including phenoxy) is 3. The lowest BCUT2D eigenvalue weighted by atomic mass is 9.89. The fourth-order valence-electron chi connectivity index (χ4n) is 4.46. The highest BCUT2D eigenvalue weighted by atomic mass is 35.5. The van der Waals surface area contributed by atoms with E-state index < -0.39 is 13.9 Å². The third-order valence-corrected chi connectivity index (χ3v) is 7.17. The Morgan fingerprint density at radius 3 is 2.44 bits per heavy atom. The number of rotatable bonds is 14. The molecule has 1 aliphatic carbocycles. The quantitative estimate of drug-likeness (QED) is 0.115. The summed E-state index contributed by atoms with van der Waals surface area (Å²) in [6, 6.07) is 6.10. The van der Waals surface area contributed by atoms with Crippen molar-refractivity contribution in [3.8, 4) is 11.5 Å². The van der Waals surface area contributed by atoms with E-state index >= 15 is 0 Å². The summed E-state index contributed by atoms with van der Waals surface area (Å²) >= 11 is 6.58. The van der Waals surface area contributed by atoms with E-state index in [1.54, 1.807) is 14.2 Å². The second-order valence-corrected chi connectivity index (χ2v) is 14.7. The lowest BCUT2D eigenvalue weighted by Gasteiger charge is -2.37. The first-order valence-electron chi connectivity index (χ1n) is 12.2. The number of halogens is 1. The molecule has 0 fully saturated rings. The minimum Gasteiger partial charge on any atom is -0.493 e. The molecule has 0 saturated heterocycles. The molecular weight excluding hydrogens is 468 g/mol. The maximum atomic E-state index is 11.3. The van der Waals surface area contributed by atoms with Crippen LogP contribution in [-0.2, 0) is 20.4 Å². The molecule has 1 aliphatic rings. The molecule has 0 bridgehead atoms. The summed E-state index contributed by atoms with van der Waals surface area (Å²) in [4.78, 5) is 11.3. The van der Waals surface area contributed by atoms with Gasteiger partial charge in [-0.1, -0.05) is 30.2 Å². The number of benzene rings is 1. The van der Waals surface area contributed by atoms with Gasteiger partial charge >= 0.3 is 5.97 Å². The monoisotopic (exact) mass is 508 g/mol. The van der Waals surface area contributed by atoms with Crippen molar-refractivity contribution in [1.29, 1.82) is 0 Å². The second kappa shape index (κ2) is 13.4. The van der Waals surface area contributed by atoms with Crippen molar-refractivity contribution in [2.75, 3.05) is 21.3 Å². The molecular formula is C27H41ClO5Si. The third-order valence-electron chi connectivity index (χ3n) is 5.95. The normalized spacial score (nSPS) is 19.3. The maximum absolute atomic E-state index is 11.3. The van der Waals surface area contributed by atoms with Gasteiger partial charge in [0, 0.05) is 17.9 Å². The van der Waals surface area contributed by atoms with Crippen LogP contribution in [-0.4, -0.2) is 41.2 Å². The number of carbonyl (C=O) groups excluding carboxylic acids is 1. The molecule has 0 heterocycles. The highest BCUT2D eigenvalue weighted by molar-refractivity contribution is 6.69. The van der Waals surface area contributed by atoms with Crippen LogP contribution in [0.5, 0.6) is 11.5 Å². The van der Waals surface area contributed by atoms with Crippen LogP contribution < -0.4 is 9.47 Å². The maximum Gasteiger partial charge on any atom is 0.305 e. The molecule has 0 N–H and O–H groups in total. The van der Waals surface area contributed by atoms with E-state index in [1.807, 2.05) is 12.1 Å². The number of carbonyl (C=O) groups is 1. The van der Waals surface area contributed by atoms with Crippen molar-refractivity contribution in [2.24, 2.45) is 0 Å². The van der Waals surface area contributed by atoms with E-state index in [1.165, 1.54) is 18.2 Å². The van der Waals surface area contributed by atoms with Crippen molar-refractivity contribution < 1.29 is 23.4 Å². The molecule has 1 aromatic rings. The number of hydrogen-bond acceptors (Lipinski definition) is 5. The van der Waals surface area contributed by atoms with Crippen LogP contribution in [0.1, 0.15) is 56.9 Å². The van der Waals surface area contributed by atoms with Gasteiger partial charge in [-0.25, -0.2) is 0 Å². The van der Waals surface area contributed by atoms with E-state index in [4.69, 9.17) is 30.2 Å². The van der Waals surface area contributed by atoms with Gasteiger partial charge in [-0.15, -0.1) is 0 Å². The van der Waals surface area contributed by atoms with Gasteiger partial charge in [0.15, 0.2) is 19.8 Å². The van der Waals surface area contributed by atoms with E-state index in [9.17, 15) is 4.79 Å². The summed E-state index contributed by atoms with van der Waals surface area (Å²) in [7, 11) is 2.92. The zero-order valence-corrected chi connectivity index (χ0v) is 23.4. The summed E-state index contributed by atoms with van der Waals surface area (Å²) in [6.07, 6.45) is 12.3. The van der Waals surface area contributed by atoms with Crippen molar-refractivity contribution >= 4 is 25.9 Å². The lowest BCUT2D eigenvalue weighted by molar-refractivity contribution is -0.140. The van der Waals surface area contributed by atoms with Gasteiger partial charge in [0.05, 0.1) is 26.9 Å². The Hall–Kier alpha value is -1.76. The molecule has 0 spiro atoms. The number of esters is 1. The molecule has 7 heteroatoms. The van der Waals surface area contributed by atoms with Gasteiger partial charge in [0.25, 0.3) is 0 Å². The Morgan fingerprint density at radius 1 is 1.06 bits per heavy atom. The fraction of sp³-hybridized carbons (Fsp3) is 0.593. The van der Waals surface area contributed by atoms with Crippen LogP contribution >= 0.6 is 11.6 Å². The number of aryl methyl sites for hydroxylation is 1. The Labute approximate surface area is 211 Å². The molecule has 0 aromatic heterocycles. The predicted molar refractivity (Wildman–Crippen MR) is 141 cm³/mol. The number of methoxy groups -OCH3 is 3. The Kier molecular flexibility index (Phi) is 11.2. The minimum absolute atomic E-state index is 0.137. The Morgan fingerprint density at radius 2 is 1.79 bits per heavy atom. The molecule has 34 heavy (non-hydrogen) atoms. The molecule has 5 nitrogen and oxygen atoms in total. The van der Waals surface area contributed by atoms with Crippen LogP contribution in [0.4, 0.5) is 0 Å². The van der Waals surface area contributed by atoms with E-state index in [0.717, 1.165) is 67.9 Å². The molecule has 0 radical (unpaired) electrons. The zero-order chi connectivity index (χ0) is 25.2. The Balaban J connectivity index is 2.07. The lowest BCUT2D eigenvalue weighted by Crippen LogP contribution is -2.41. The molecule has 1 unspecified atom stereocenters. The average molecular weight is 509 g/mol. The predicted octanol–water partition coefficient (Wildman–Crippen LogP) is 7.19. The first kappa shape index (κ1) is 28.5. The first-order valence-corrected chi connectivity index (χ1v) is 16.0. The van der Waals surface area contributed by atoms with E-state index in [0.29, 0.717) is 6.42 Å². The van der Waals surface area contributed by atoms with Crippen molar-refractivity contribution in [3.63, 3.8) is 0 Å². The Bertz CT molecular complexity index is 874. The van der Waals surface area contributed by atoms with Crippen LogP contribution in [0.15, 0.2) is 41.0 Å². The van der Waals surface area contributed by atoms with Crippen LogP contribution in [0, 0.1) is 0 Å². The van der Waals surface area contributed by atoms with Crippen LogP contribution in [0.25, 0.3) is 0 Å². The fourth-order valence-corrected chi connectivity index (χ4v) is 6.16. The standard InChI is InChI=1S/C27H41ClO5Si/c1-30-24-16-15-21(18-25(24)31-2)12-11-17-27(33-34(4,5)6)20-23(28)19-22(27)13-9-7-8-10-14-26(29)32-3/h13,15-16,18,20H,7-12,14,17,19H2,1-6H3. The largest absolute Gasteiger partial charge is 0.493 e. The van der Waals surface area contributed by atoms with Gasteiger partial charge in [-0.05, 0) is 87.5 Å². The summed E-state index contributed by atoms with van der Waals surface area (Å²) in [5, 5.41) is 0.862. The molecule has 0 aliphatic heterocycles. The van der Waals surface area contributed by atoms with Crippen molar-refractivity contribution in [1.82, 2.24) is 0 Å². The zero-order valence-electron chi connectivity index (χ0n) is 21.7. The summed E-state index contributed by atoms with van der Waals surface area (Å²) in [6.45, 7) is 6.69. The molecule has 0 saturated carbocycles. The average Bonchev–Trinajstić information content (AvgIpc) is 3.08. The molecule has 1 atom stereocenters. The van der Waals surface area contributed by atoms with Crippen LogP contribution in [0.3, 0.4) is 0 Å². The SMILES string of the molecule is COC(=O)CCCCCC=C1CC(Cl)=CC1(CCCc1ccc(OC)c(OC)c1)O[Si](C)(C)C. The smallest absolute Gasteiger partial charge is 0.305 e. The summed E-state index contributed by atoms with van der Waals surface area (Å²) < 4.78 is 22.4. The molecule has 1 aromatic carbocycles. The highest BCUT2D eigenvalue weighted by Gasteiger charge is 2.41. The topological polar surface area (TPSA) is 54.0 Å². The molecule has 0 amide bonds. The van der Waals surface area contributed by atoms with Gasteiger partial charge in [0.2, 0.25) is 0 Å². The molecule has 190 valence electrons. The number of unbranched alkanes of at least 4 members (excludes halogenated alkanes) is 3. The molecule has 2 rings (SSSR count). The van der Waals surface area contributed by atoms with E-state index in [-0.39, 0.29) is 5.97 Å². The minimum atomic E-state index is -1.83. The summed E-state index contributed by atoms with van der Waals surface area (Å²) in [5.74, 6) is 1.36. The van der Waals surface area contributed by atoms with E-state index in [2.05, 4.69) is 37.9 Å². The van der Waals surface area contributed by atoms with Gasteiger partial charge in [-0.2, -0.15) is 0 Å². The van der Waals surface area contributed by atoms with Crippen LogP contribution in [0.2, 0.25) is 19.6 Å². The third kappa shape index (κ3) is 8.79.